The van der Waals surface area contributed by atoms with Gasteiger partial charge in [0.15, 0.2) is 0 Å². The molecule has 0 spiro atoms. The first-order valence-electron chi connectivity index (χ1n) is 6.79. The van der Waals surface area contributed by atoms with Gasteiger partial charge in [-0.3, -0.25) is 9.59 Å². The van der Waals surface area contributed by atoms with Crippen molar-refractivity contribution in [2.75, 3.05) is 19.7 Å². The van der Waals surface area contributed by atoms with Crippen LogP contribution in [-0.4, -0.2) is 47.7 Å². The first-order valence-corrected chi connectivity index (χ1v) is 6.79. The van der Waals surface area contributed by atoms with Gasteiger partial charge in [0.2, 0.25) is 5.91 Å². The lowest BCUT2D eigenvalue weighted by Crippen LogP contribution is -2.47. The van der Waals surface area contributed by atoms with Crippen molar-refractivity contribution < 1.29 is 19.4 Å². The molecule has 1 unspecified atom stereocenters. The number of amides is 1. The predicted octanol–water partition coefficient (Wildman–Crippen LogP) is 0.735. The molecule has 3 fully saturated rings. The zero-order valence-corrected chi connectivity index (χ0v) is 10.4. The molecule has 1 amide bonds. The summed E-state index contributed by atoms with van der Waals surface area (Å²) in [4.78, 5) is 24.8. The van der Waals surface area contributed by atoms with E-state index >= 15 is 0 Å². The van der Waals surface area contributed by atoms with Crippen LogP contribution >= 0.6 is 0 Å². The van der Waals surface area contributed by atoms with Crippen molar-refractivity contribution in [2.45, 2.75) is 31.8 Å². The number of morpholine rings is 1. The lowest BCUT2D eigenvalue weighted by Gasteiger charge is -2.32. The molecule has 1 aliphatic heterocycles. The maximum absolute atomic E-state index is 12.3. The van der Waals surface area contributed by atoms with Crippen LogP contribution in [0.25, 0.3) is 0 Å². The molecule has 5 heteroatoms. The average Bonchev–Trinajstić information content (AvgIpc) is 2.80. The Morgan fingerprint density at radius 3 is 2.67 bits per heavy atom. The topological polar surface area (TPSA) is 66.8 Å². The van der Waals surface area contributed by atoms with Crippen molar-refractivity contribution in [1.82, 2.24) is 4.90 Å². The highest BCUT2D eigenvalue weighted by Gasteiger charge is 2.57. The van der Waals surface area contributed by atoms with E-state index in [-0.39, 0.29) is 24.3 Å². The molecule has 1 saturated heterocycles. The number of carbonyl (C=O) groups is 2. The summed E-state index contributed by atoms with van der Waals surface area (Å²) in [5.74, 6) is 0.861. The smallest absolute Gasteiger partial charge is 0.306 e. The minimum Gasteiger partial charge on any atom is -0.481 e. The van der Waals surface area contributed by atoms with Gasteiger partial charge in [-0.15, -0.1) is 0 Å². The zero-order valence-electron chi connectivity index (χ0n) is 10.4. The molecule has 2 aliphatic carbocycles. The van der Waals surface area contributed by atoms with E-state index < -0.39 is 5.97 Å². The summed E-state index contributed by atoms with van der Waals surface area (Å²) in [6, 6.07) is 0. The lowest BCUT2D eigenvalue weighted by atomic mass is 10.1. The van der Waals surface area contributed by atoms with Crippen LogP contribution in [0.2, 0.25) is 0 Å². The first kappa shape index (κ1) is 12.0. The van der Waals surface area contributed by atoms with Gasteiger partial charge in [0.1, 0.15) is 0 Å². The maximum atomic E-state index is 12.3. The molecule has 18 heavy (non-hydrogen) atoms. The van der Waals surface area contributed by atoms with E-state index in [1.807, 2.05) is 4.90 Å². The molecule has 1 heterocycles. The molecule has 4 atom stereocenters. The summed E-state index contributed by atoms with van der Waals surface area (Å²) >= 11 is 0. The van der Waals surface area contributed by atoms with E-state index in [1.165, 1.54) is 19.3 Å². The highest BCUT2D eigenvalue weighted by atomic mass is 16.5. The van der Waals surface area contributed by atoms with Crippen molar-refractivity contribution in [1.29, 1.82) is 0 Å². The molecule has 0 radical (unpaired) electrons. The highest BCUT2D eigenvalue weighted by molar-refractivity contribution is 5.82. The van der Waals surface area contributed by atoms with Crippen molar-refractivity contribution in [3.8, 4) is 0 Å². The number of carbonyl (C=O) groups excluding carboxylic acids is 1. The SMILES string of the molecule is O=C(O)C[C@@H]1CN(C(=O)C2[C@H]3CCC[C@@H]23)CCO1. The Labute approximate surface area is 106 Å². The van der Waals surface area contributed by atoms with Crippen molar-refractivity contribution in [3.63, 3.8) is 0 Å². The lowest BCUT2D eigenvalue weighted by molar-refractivity contribution is -0.148. The summed E-state index contributed by atoms with van der Waals surface area (Å²) in [6.45, 7) is 1.53. The average molecular weight is 253 g/mol. The molecular formula is C13H19NO4. The fourth-order valence-electron chi connectivity index (χ4n) is 3.64. The molecule has 1 N–H and O–H groups in total. The Balaban J connectivity index is 1.55. The maximum Gasteiger partial charge on any atom is 0.306 e. The number of aliphatic carboxylic acids is 1. The Morgan fingerprint density at radius 1 is 1.28 bits per heavy atom. The molecule has 100 valence electrons. The van der Waals surface area contributed by atoms with Crippen LogP contribution in [0, 0.1) is 17.8 Å². The molecule has 5 nitrogen and oxygen atoms in total. The third kappa shape index (κ3) is 2.11. The Hall–Kier alpha value is -1.10. The minimum absolute atomic E-state index is 0.0126. The number of hydrogen-bond donors (Lipinski definition) is 1. The first-order chi connectivity index (χ1) is 8.66. The summed E-state index contributed by atoms with van der Waals surface area (Å²) in [7, 11) is 0. The van der Waals surface area contributed by atoms with Gasteiger partial charge in [-0.1, -0.05) is 6.42 Å². The highest BCUT2D eigenvalue weighted by Crippen LogP contribution is 2.58. The van der Waals surface area contributed by atoms with E-state index in [0.29, 0.717) is 31.5 Å². The molecule has 3 aliphatic rings. The number of fused-ring (bicyclic) bond motifs is 1. The summed E-state index contributed by atoms with van der Waals surface area (Å²) < 4.78 is 5.39. The fourth-order valence-corrected chi connectivity index (χ4v) is 3.64. The van der Waals surface area contributed by atoms with Gasteiger partial charge in [-0.2, -0.15) is 0 Å². The van der Waals surface area contributed by atoms with Gasteiger partial charge in [0.25, 0.3) is 0 Å². The normalized spacial score (nSPS) is 38.3. The van der Waals surface area contributed by atoms with Gasteiger partial charge in [-0.25, -0.2) is 0 Å². The van der Waals surface area contributed by atoms with Crippen molar-refractivity contribution in [2.24, 2.45) is 17.8 Å². The van der Waals surface area contributed by atoms with Gasteiger partial charge >= 0.3 is 5.97 Å². The molecule has 0 aromatic heterocycles. The Kier molecular flexibility index (Phi) is 3.01. The third-order valence-electron chi connectivity index (χ3n) is 4.54. The third-order valence-corrected chi connectivity index (χ3v) is 4.54. The van der Waals surface area contributed by atoms with Crippen LogP contribution in [0.1, 0.15) is 25.7 Å². The number of ether oxygens (including phenoxy) is 1. The van der Waals surface area contributed by atoms with Crippen LogP contribution < -0.4 is 0 Å². The fraction of sp³-hybridized carbons (Fsp3) is 0.846. The molecule has 3 rings (SSSR count). The summed E-state index contributed by atoms with van der Waals surface area (Å²) in [5, 5.41) is 8.76. The van der Waals surface area contributed by atoms with Crippen LogP contribution in [0.5, 0.6) is 0 Å². The molecule has 0 bridgehead atoms. The number of carboxylic acids is 1. The van der Waals surface area contributed by atoms with E-state index in [2.05, 4.69) is 0 Å². The van der Waals surface area contributed by atoms with Crippen LogP contribution in [0.15, 0.2) is 0 Å². The monoisotopic (exact) mass is 253 g/mol. The van der Waals surface area contributed by atoms with E-state index in [9.17, 15) is 9.59 Å². The minimum atomic E-state index is -0.863. The van der Waals surface area contributed by atoms with Crippen molar-refractivity contribution in [3.05, 3.63) is 0 Å². The number of rotatable bonds is 3. The van der Waals surface area contributed by atoms with Crippen LogP contribution in [0.4, 0.5) is 0 Å². The molecular weight excluding hydrogens is 234 g/mol. The van der Waals surface area contributed by atoms with Crippen molar-refractivity contribution >= 4 is 11.9 Å². The quantitative estimate of drug-likeness (QED) is 0.805. The molecule has 2 saturated carbocycles. The second-order valence-corrected chi connectivity index (χ2v) is 5.66. The zero-order chi connectivity index (χ0) is 12.7. The summed E-state index contributed by atoms with van der Waals surface area (Å²) in [6.07, 6.45) is 3.32. The van der Waals surface area contributed by atoms with Gasteiger partial charge in [0, 0.05) is 19.0 Å². The standard InChI is InChI=1S/C13H19NO4/c15-11(16)6-8-7-14(4-5-18-8)13(17)12-9-2-1-3-10(9)12/h8-10,12H,1-7H2,(H,15,16)/t8-,9-,10+,12?/m1/s1. The van der Waals surface area contributed by atoms with Gasteiger partial charge < -0.3 is 14.7 Å². The van der Waals surface area contributed by atoms with Gasteiger partial charge in [-0.05, 0) is 24.7 Å². The second-order valence-electron chi connectivity index (χ2n) is 5.66. The van der Waals surface area contributed by atoms with E-state index in [1.54, 1.807) is 0 Å². The largest absolute Gasteiger partial charge is 0.481 e. The van der Waals surface area contributed by atoms with Gasteiger partial charge in [0.05, 0.1) is 19.1 Å². The second kappa shape index (κ2) is 4.53. The Bertz CT molecular complexity index is 360. The number of nitrogens with zero attached hydrogens (tertiary/aromatic N) is 1. The number of hydrogen-bond acceptors (Lipinski definition) is 3. The van der Waals surface area contributed by atoms with Crippen LogP contribution in [0.3, 0.4) is 0 Å². The van der Waals surface area contributed by atoms with E-state index in [0.717, 1.165) is 0 Å². The Morgan fingerprint density at radius 2 is 2.00 bits per heavy atom. The summed E-state index contributed by atoms with van der Waals surface area (Å²) in [5.41, 5.74) is 0. The predicted molar refractivity (Wildman–Crippen MR) is 62.9 cm³/mol. The van der Waals surface area contributed by atoms with E-state index in [4.69, 9.17) is 9.84 Å². The van der Waals surface area contributed by atoms with Crippen LogP contribution in [-0.2, 0) is 14.3 Å². The number of carboxylic acid groups (broad SMARTS) is 1. The molecule has 0 aromatic rings. The molecule has 0 aromatic carbocycles.